The number of aliphatic hydroxyl groups is 1. The second-order valence-electron chi connectivity index (χ2n) is 3.85. The van der Waals surface area contributed by atoms with E-state index in [1.807, 2.05) is 0 Å². The van der Waals surface area contributed by atoms with Crippen LogP contribution in [0.2, 0.25) is 0 Å². The normalized spacial score (nSPS) is 28.0. The molecule has 1 N–H and O–H groups in total. The number of carbonyl (C=O) groups excluding carboxylic acids is 1. The fourth-order valence-corrected chi connectivity index (χ4v) is 1.65. The highest BCUT2D eigenvalue weighted by Crippen LogP contribution is 2.22. The van der Waals surface area contributed by atoms with Gasteiger partial charge in [-0.25, -0.2) is 9.18 Å². The number of esters is 1. The molecule has 1 aromatic rings. The average molecular weight is 240 g/mol. The Morgan fingerprint density at radius 2 is 2.18 bits per heavy atom. The minimum Gasteiger partial charge on any atom is -0.459 e. The maximum absolute atomic E-state index is 13.2. The van der Waals surface area contributed by atoms with E-state index in [4.69, 9.17) is 14.6 Å². The lowest BCUT2D eigenvalue weighted by Crippen LogP contribution is -2.25. The van der Waals surface area contributed by atoms with Gasteiger partial charge in [-0.1, -0.05) is 18.2 Å². The van der Waals surface area contributed by atoms with Gasteiger partial charge >= 0.3 is 5.97 Å². The maximum Gasteiger partial charge on any atom is 0.338 e. The smallest absolute Gasteiger partial charge is 0.338 e. The van der Waals surface area contributed by atoms with Crippen LogP contribution < -0.4 is 0 Å². The van der Waals surface area contributed by atoms with E-state index in [9.17, 15) is 9.18 Å². The van der Waals surface area contributed by atoms with Gasteiger partial charge in [0.1, 0.15) is 18.9 Å². The molecule has 3 atom stereocenters. The van der Waals surface area contributed by atoms with E-state index in [1.165, 1.54) is 0 Å². The Bertz CT molecular complexity index is 381. The molecule has 1 saturated heterocycles. The zero-order chi connectivity index (χ0) is 12.3. The fraction of sp³-hybridized carbons (Fsp3) is 0.417. The molecule has 2 rings (SSSR count). The molecule has 92 valence electrons. The van der Waals surface area contributed by atoms with Gasteiger partial charge in [0.15, 0.2) is 6.29 Å². The van der Waals surface area contributed by atoms with Crippen molar-refractivity contribution in [3.8, 4) is 0 Å². The van der Waals surface area contributed by atoms with Crippen LogP contribution in [0.3, 0.4) is 0 Å². The first-order chi connectivity index (χ1) is 8.16. The predicted octanol–water partition coefficient (Wildman–Crippen LogP) is 1.29. The Balaban J connectivity index is 1.85. The first-order valence-corrected chi connectivity index (χ1v) is 5.36. The van der Waals surface area contributed by atoms with Crippen molar-refractivity contribution in [1.29, 1.82) is 0 Å². The summed E-state index contributed by atoms with van der Waals surface area (Å²) in [5.41, 5.74) is 0.404. The largest absolute Gasteiger partial charge is 0.459 e. The monoisotopic (exact) mass is 240 g/mol. The van der Waals surface area contributed by atoms with Crippen molar-refractivity contribution in [3.05, 3.63) is 35.9 Å². The summed E-state index contributed by atoms with van der Waals surface area (Å²) in [6.45, 7) is -0.189. The van der Waals surface area contributed by atoms with Crippen molar-refractivity contribution in [2.45, 2.75) is 25.0 Å². The van der Waals surface area contributed by atoms with Crippen LogP contribution in [0.4, 0.5) is 4.39 Å². The molecule has 4 nitrogen and oxygen atoms in total. The Labute approximate surface area is 98.0 Å². The van der Waals surface area contributed by atoms with Crippen molar-refractivity contribution >= 4 is 5.97 Å². The summed E-state index contributed by atoms with van der Waals surface area (Å²) in [5.74, 6) is -0.525. The van der Waals surface area contributed by atoms with Crippen LogP contribution in [0.5, 0.6) is 0 Å². The van der Waals surface area contributed by atoms with Crippen LogP contribution in [-0.2, 0) is 9.47 Å². The van der Waals surface area contributed by atoms with Gasteiger partial charge in [-0.15, -0.1) is 0 Å². The van der Waals surface area contributed by atoms with Crippen molar-refractivity contribution < 1.29 is 23.8 Å². The number of rotatable bonds is 3. The average Bonchev–Trinajstić information content (AvgIpc) is 2.66. The Morgan fingerprint density at radius 3 is 2.76 bits per heavy atom. The van der Waals surface area contributed by atoms with Crippen LogP contribution in [0.25, 0.3) is 0 Å². The minimum atomic E-state index is -1.30. The molecule has 0 bridgehead atoms. The minimum absolute atomic E-state index is 0.0758. The summed E-state index contributed by atoms with van der Waals surface area (Å²) >= 11 is 0. The summed E-state index contributed by atoms with van der Waals surface area (Å²) in [4.78, 5) is 11.5. The molecule has 17 heavy (non-hydrogen) atoms. The zero-order valence-corrected chi connectivity index (χ0v) is 9.08. The lowest BCUT2D eigenvalue weighted by atomic mass is 10.2. The summed E-state index contributed by atoms with van der Waals surface area (Å²) in [7, 11) is 0. The molecule has 0 spiro atoms. The summed E-state index contributed by atoms with van der Waals surface area (Å²) in [6, 6.07) is 8.43. The molecule has 1 aliphatic rings. The van der Waals surface area contributed by atoms with Gasteiger partial charge < -0.3 is 14.6 Å². The summed E-state index contributed by atoms with van der Waals surface area (Å²) < 4.78 is 23.0. The summed E-state index contributed by atoms with van der Waals surface area (Å²) in [5, 5.41) is 9.05. The van der Waals surface area contributed by atoms with Crippen LogP contribution >= 0.6 is 0 Å². The number of alkyl halides is 1. The van der Waals surface area contributed by atoms with Crippen LogP contribution in [0.15, 0.2) is 30.3 Å². The number of aliphatic hydroxyl groups excluding tert-OH is 1. The van der Waals surface area contributed by atoms with E-state index in [-0.39, 0.29) is 13.0 Å². The molecular weight excluding hydrogens is 227 g/mol. The van der Waals surface area contributed by atoms with Gasteiger partial charge in [0.25, 0.3) is 0 Å². The Morgan fingerprint density at radius 1 is 1.47 bits per heavy atom. The molecule has 1 fully saturated rings. The van der Waals surface area contributed by atoms with Gasteiger partial charge in [-0.2, -0.15) is 0 Å². The number of hydrogen-bond acceptors (Lipinski definition) is 4. The van der Waals surface area contributed by atoms with E-state index in [1.54, 1.807) is 30.3 Å². The fourth-order valence-electron chi connectivity index (χ4n) is 1.65. The quantitative estimate of drug-likeness (QED) is 0.809. The molecule has 1 aromatic carbocycles. The molecule has 0 radical (unpaired) electrons. The van der Waals surface area contributed by atoms with E-state index >= 15 is 0 Å². The van der Waals surface area contributed by atoms with Gasteiger partial charge in [0.2, 0.25) is 0 Å². The Kier molecular flexibility index (Phi) is 3.71. The van der Waals surface area contributed by atoms with Crippen molar-refractivity contribution in [3.63, 3.8) is 0 Å². The molecule has 0 unspecified atom stereocenters. The molecule has 1 aliphatic heterocycles. The molecule has 0 amide bonds. The lowest BCUT2D eigenvalue weighted by molar-refractivity contribution is -0.106. The van der Waals surface area contributed by atoms with Gasteiger partial charge in [0.05, 0.1) is 5.56 Å². The molecule has 0 aliphatic carbocycles. The highest BCUT2D eigenvalue weighted by Gasteiger charge is 2.35. The SMILES string of the molecule is O=C(OC[C@@H]1O[C@@H](O)C[C@H]1F)c1ccccc1. The standard InChI is InChI=1S/C12H13FO4/c13-9-6-11(14)17-10(9)7-16-12(15)8-4-2-1-3-5-8/h1-5,9-11,14H,6-7H2/t9-,10+,11-/m1/s1. The summed E-state index contributed by atoms with van der Waals surface area (Å²) in [6.07, 6.45) is -3.36. The van der Waals surface area contributed by atoms with Crippen LogP contribution in [-0.4, -0.2) is 36.2 Å². The van der Waals surface area contributed by atoms with Gasteiger partial charge in [-0.05, 0) is 12.1 Å². The van der Waals surface area contributed by atoms with E-state index in [0.717, 1.165) is 0 Å². The topological polar surface area (TPSA) is 55.8 Å². The Hall–Kier alpha value is -1.46. The van der Waals surface area contributed by atoms with Crippen molar-refractivity contribution in [2.24, 2.45) is 0 Å². The second-order valence-corrected chi connectivity index (χ2v) is 3.85. The highest BCUT2D eigenvalue weighted by atomic mass is 19.1. The van der Waals surface area contributed by atoms with E-state index in [0.29, 0.717) is 5.56 Å². The number of ether oxygens (including phenoxy) is 2. The van der Waals surface area contributed by atoms with Gasteiger partial charge in [-0.3, -0.25) is 0 Å². The zero-order valence-electron chi connectivity index (χ0n) is 9.08. The van der Waals surface area contributed by atoms with Crippen molar-refractivity contribution in [2.75, 3.05) is 6.61 Å². The molecular formula is C12H13FO4. The van der Waals surface area contributed by atoms with Gasteiger partial charge in [0, 0.05) is 6.42 Å². The van der Waals surface area contributed by atoms with E-state index < -0.39 is 24.5 Å². The highest BCUT2D eigenvalue weighted by molar-refractivity contribution is 5.89. The number of benzene rings is 1. The molecule has 0 aromatic heterocycles. The number of halogens is 1. The van der Waals surface area contributed by atoms with Crippen molar-refractivity contribution in [1.82, 2.24) is 0 Å². The maximum atomic E-state index is 13.2. The third-order valence-corrected chi connectivity index (χ3v) is 2.55. The number of hydrogen-bond donors (Lipinski definition) is 1. The molecule has 0 saturated carbocycles. The van der Waals surface area contributed by atoms with E-state index in [2.05, 4.69) is 0 Å². The van der Waals surface area contributed by atoms with Crippen LogP contribution in [0, 0.1) is 0 Å². The lowest BCUT2D eigenvalue weighted by Gasteiger charge is -2.12. The third kappa shape index (κ3) is 3.01. The number of carbonyl (C=O) groups is 1. The molecule has 1 heterocycles. The second kappa shape index (κ2) is 5.25. The van der Waals surface area contributed by atoms with Crippen LogP contribution in [0.1, 0.15) is 16.8 Å². The third-order valence-electron chi connectivity index (χ3n) is 2.55. The first kappa shape index (κ1) is 12.0. The molecule has 5 heteroatoms. The first-order valence-electron chi connectivity index (χ1n) is 5.36. The predicted molar refractivity (Wildman–Crippen MR) is 57.1 cm³/mol.